The minimum absolute atomic E-state index is 0.0808. The summed E-state index contributed by atoms with van der Waals surface area (Å²) >= 11 is 9.33. The van der Waals surface area contributed by atoms with Gasteiger partial charge < -0.3 is 10.2 Å². The molecule has 0 amide bonds. The SMILES string of the molecule is Nc1cc2oc3ccc(Br)cc3c(=O)c2cc1-c1ccc(Cl)cc1. The fraction of sp³-hybridized carbons (Fsp3) is 0. The Morgan fingerprint density at radius 3 is 2.38 bits per heavy atom. The summed E-state index contributed by atoms with van der Waals surface area (Å²) in [7, 11) is 0. The highest BCUT2D eigenvalue weighted by Gasteiger charge is 2.12. The van der Waals surface area contributed by atoms with Crippen molar-refractivity contribution in [2.75, 3.05) is 5.73 Å². The second kappa shape index (κ2) is 5.65. The molecule has 5 heteroatoms. The van der Waals surface area contributed by atoms with Gasteiger partial charge in [0.2, 0.25) is 5.43 Å². The minimum Gasteiger partial charge on any atom is -0.456 e. The molecule has 0 spiro atoms. The van der Waals surface area contributed by atoms with Crippen molar-refractivity contribution in [1.82, 2.24) is 0 Å². The van der Waals surface area contributed by atoms with Crippen molar-refractivity contribution < 1.29 is 4.42 Å². The van der Waals surface area contributed by atoms with Gasteiger partial charge >= 0.3 is 0 Å². The van der Waals surface area contributed by atoms with Gasteiger partial charge in [-0.05, 0) is 42.0 Å². The maximum absolute atomic E-state index is 12.8. The van der Waals surface area contributed by atoms with Gasteiger partial charge in [0.1, 0.15) is 11.2 Å². The van der Waals surface area contributed by atoms with E-state index in [1.165, 1.54) is 0 Å². The topological polar surface area (TPSA) is 56.2 Å². The molecule has 24 heavy (non-hydrogen) atoms. The van der Waals surface area contributed by atoms with Gasteiger partial charge in [-0.2, -0.15) is 0 Å². The van der Waals surface area contributed by atoms with Crippen LogP contribution >= 0.6 is 27.5 Å². The first-order valence-electron chi connectivity index (χ1n) is 7.24. The van der Waals surface area contributed by atoms with Crippen LogP contribution in [0.15, 0.2) is 68.3 Å². The quantitative estimate of drug-likeness (QED) is 0.334. The Morgan fingerprint density at radius 2 is 1.62 bits per heavy atom. The van der Waals surface area contributed by atoms with Crippen LogP contribution in [0.3, 0.4) is 0 Å². The lowest BCUT2D eigenvalue weighted by Gasteiger charge is -2.09. The van der Waals surface area contributed by atoms with Gasteiger partial charge in [0.25, 0.3) is 0 Å². The van der Waals surface area contributed by atoms with Gasteiger partial charge in [0.05, 0.1) is 10.8 Å². The molecule has 0 atom stereocenters. The molecule has 0 aliphatic carbocycles. The van der Waals surface area contributed by atoms with Gasteiger partial charge in [0, 0.05) is 26.8 Å². The summed E-state index contributed by atoms with van der Waals surface area (Å²) in [6.45, 7) is 0. The molecule has 2 N–H and O–H groups in total. The lowest BCUT2D eigenvalue weighted by molar-refractivity contribution is 0.660. The van der Waals surface area contributed by atoms with E-state index in [0.717, 1.165) is 15.6 Å². The minimum atomic E-state index is -0.0808. The molecule has 3 aromatic carbocycles. The van der Waals surface area contributed by atoms with Gasteiger partial charge in [-0.15, -0.1) is 0 Å². The van der Waals surface area contributed by atoms with E-state index >= 15 is 0 Å². The van der Waals surface area contributed by atoms with E-state index in [1.807, 2.05) is 18.2 Å². The van der Waals surface area contributed by atoms with Crippen LogP contribution in [0, 0.1) is 0 Å². The first kappa shape index (κ1) is 15.2. The molecule has 118 valence electrons. The summed E-state index contributed by atoms with van der Waals surface area (Å²) in [5.74, 6) is 0. The fourth-order valence-electron chi connectivity index (χ4n) is 2.77. The van der Waals surface area contributed by atoms with Crippen molar-refractivity contribution in [3.05, 3.63) is 74.3 Å². The predicted molar refractivity (Wildman–Crippen MR) is 103 cm³/mol. The molecule has 3 nitrogen and oxygen atoms in total. The number of benzene rings is 3. The molecule has 0 radical (unpaired) electrons. The second-order valence-electron chi connectivity index (χ2n) is 5.51. The standard InChI is InChI=1S/C19H11BrClNO2/c20-11-3-6-17-14(7-11)19(23)15-8-13(16(22)9-18(15)24-17)10-1-4-12(21)5-2-10/h1-9H,22H2. The summed E-state index contributed by atoms with van der Waals surface area (Å²) in [5.41, 5.74) is 9.33. The van der Waals surface area contributed by atoms with Crippen molar-refractivity contribution in [3.63, 3.8) is 0 Å². The normalized spacial score (nSPS) is 11.2. The zero-order chi connectivity index (χ0) is 16.8. The van der Waals surface area contributed by atoms with Crippen LogP contribution < -0.4 is 11.2 Å². The highest BCUT2D eigenvalue weighted by atomic mass is 79.9. The van der Waals surface area contributed by atoms with E-state index in [1.54, 1.807) is 36.4 Å². The molecule has 4 rings (SSSR count). The van der Waals surface area contributed by atoms with E-state index < -0.39 is 0 Å². The van der Waals surface area contributed by atoms with Crippen molar-refractivity contribution >= 4 is 55.2 Å². The van der Waals surface area contributed by atoms with Crippen molar-refractivity contribution in [3.8, 4) is 11.1 Å². The number of anilines is 1. The molecule has 0 bridgehead atoms. The Labute approximate surface area is 150 Å². The molecule has 1 heterocycles. The lowest BCUT2D eigenvalue weighted by Crippen LogP contribution is -2.03. The third-order valence-electron chi connectivity index (χ3n) is 3.96. The van der Waals surface area contributed by atoms with E-state index in [-0.39, 0.29) is 5.43 Å². The zero-order valence-corrected chi connectivity index (χ0v) is 14.7. The van der Waals surface area contributed by atoms with Gasteiger partial charge in [0.15, 0.2) is 0 Å². The average Bonchev–Trinajstić information content (AvgIpc) is 2.56. The number of fused-ring (bicyclic) bond motifs is 2. The maximum atomic E-state index is 12.8. The van der Waals surface area contributed by atoms with Crippen LogP contribution in [-0.2, 0) is 0 Å². The smallest absolute Gasteiger partial charge is 0.200 e. The zero-order valence-electron chi connectivity index (χ0n) is 12.3. The highest BCUT2D eigenvalue weighted by Crippen LogP contribution is 2.32. The number of nitrogens with two attached hydrogens (primary N) is 1. The van der Waals surface area contributed by atoms with E-state index in [9.17, 15) is 4.79 Å². The number of hydrogen-bond donors (Lipinski definition) is 1. The first-order valence-corrected chi connectivity index (χ1v) is 8.41. The van der Waals surface area contributed by atoms with Gasteiger partial charge in [-0.3, -0.25) is 4.79 Å². The highest BCUT2D eigenvalue weighted by molar-refractivity contribution is 9.10. The largest absolute Gasteiger partial charge is 0.456 e. The lowest BCUT2D eigenvalue weighted by atomic mass is 10.0. The van der Waals surface area contributed by atoms with E-state index in [2.05, 4.69) is 15.9 Å². The molecule has 1 aromatic heterocycles. The summed E-state index contributed by atoms with van der Waals surface area (Å²) < 4.78 is 6.68. The monoisotopic (exact) mass is 399 g/mol. The number of halogens is 2. The van der Waals surface area contributed by atoms with E-state index in [4.69, 9.17) is 21.8 Å². The summed E-state index contributed by atoms with van der Waals surface area (Å²) in [4.78, 5) is 12.8. The Bertz CT molecular complexity index is 1150. The van der Waals surface area contributed by atoms with Crippen LogP contribution in [0.4, 0.5) is 5.69 Å². The van der Waals surface area contributed by atoms with Crippen LogP contribution in [0.5, 0.6) is 0 Å². The van der Waals surface area contributed by atoms with Crippen LogP contribution in [0.25, 0.3) is 33.1 Å². The Kier molecular flexibility index (Phi) is 3.59. The van der Waals surface area contributed by atoms with Crippen LogP contribution in [0.1, 0.15) is 0 Å². The maximum Gasteiger partial charge on any atom is 0.200 e. The molecule has 0 saturated carbocycles. The number of hydrogen-bond acceptors (Lipinski definition) is 3. The molecule has 0 unspecified atom stereocenters. The Balaban J connectivity index is 2.06. The Morgan fingerprint density at radius 1 is 0.917 bits per heavy atom. The van der Waals surface area contributed by atoms with Crippen LogP contribution in [0.2, 0.25) is 5.02 Å². The Hall–Kier alpha value is -2.30. The molecular formula is C19H11BrClNO2. The van der Waals surface area contributed by atoms with Gasteiger partial charge in [-0.25, -0.2) is 0 Å². The summed E-state index contributed by atoms with van der Waals surface area (Å²) in [5, 5.41) is 1.68. The van der Waals surface area contributed by atoms with Gasteiger partial charge in [-0.1, -0.05) is 39.7 Å². The van der Waals surface area contributed by atoms with Crippen molar-refractivity contribution in [2.24, 2.45) is 0 Å². The molecule has 0 aliphatic rings. The molecular weight excluding hydrogens is 390 g/mol. The molecule has 4 aromatic rings. The van der Waals surface area contributed by atoms with Crippen LogP contribution in [-0.4, -0.2) is 0 Å². The predicted octanol–water partition coefficient (Wildman–Crippen LogP) is 5.61. The van der Waals surface area contributed by atoms with E-state index in [0.29, 0.717) is 32.6 Å². The summed E-state index contributed by atoms with van der Waals surface area (Å²) in [6, 6.07) is 16.2. The molecule has 0 aliphatic heterocycles. The third kappa shape index (κ3) is 2.48. The fourth-order valence-corrected chi connectivity index (χ4v) is 3.26. The average molecular weight is 401 g/mol. The summed E-state index contributed by atoms with van der Waals surface area (Å²) in [6.07, 6.45) is 0. The third-order valence-corrected chi connectivity index (χ3v) is 4.70. The first-order chi connectivity index (χ1) is 11.5. The van der Waals surface area contributed by atoms with Crippen molar-refractivity contribution in [2.45, 2.75) is 0 Å². The molecule has 0 saturated heterocycles. The van der Waals surface area contributed by atoms with Crippen molar-refractivity contribution in [1.29, 1.82) is 0 Å². The number of rotatable bonds is 1. The molecule has 0 fully saturated rings. The second-order valence-corrected chi connectivity index (χ2v) is 6.87. The number of nitrogen functional groups attached to an aromatic ring is 1.